The molecule has 0 aliphatic heterocycles. The molecule has 0 amide bonds. The zero-order valence-electron chi connectivity index (χ0n) is 12.3. The van der Waals surface area contributed by atoms with Gasteiger partial charge in [0.1, 0.15) is 5.75 Å². The van der Waals surface area contributed by atoms with E-state index in [1.54, 1.807) is 18.9 Å². The van der Waals surface area contributed by atoms with Crippen LogP contribution in [0, 0.1) is 0 Å². The fourth-order valence-electron chi connectivity index (χ4n) is 2.35. The lowest BCUT2D eigenvalue weighted by molar-refractivity contribution is 0.147. The molecule has 0 aliphatic rings. The van der Waals surface area contributed by atoms with Gasteiger partial charge in [-0.25, -0.2) is 0 Å². The van der Waals surface area contributed by atoms with E-state index in [4.69, 9.17) is 10.5 Å². The second-order valence-electron chi connectivity index (χ2n) is 4.84. The smallest absolute Gasteiger partial charge is 0.119 e. The van der Waals surface area contributed by atoms with Crippen molar-refractivity contribution < 1.29 is 9.84 Å². The molecule has 0 radical (unpaired) electrons. The molecule has 2 unspecified atom stereocenters. The maximum Gasteiger partial charge on any atom is 0.119 e. The highest BCUT2D eigenvalue weighted by Gasteiger charge is 2.21. The first-order chi connectivity index (χ1) is 10.2. The second-order valence-corrected chi connectivity index (χ2v) is 5.72. The second kappa shape index (κ2) is 7.50. The highest BCUT2D eigenvalue weighted by molar-refractivity contribution is 7.98. The van der Waals surface area contributed by atoms with E-state index in [-0.39, 0.29) is 5.92 Å². The van der Waals surface area contributed by atoms with Crippen LogP contribution in [0.25, 0.3) is 0 Å². The van der Waals surface area contributed by atoms with E-state index in [2.05, 4.69) is 0 Å². The van der Waals surface area contributed by atoms with Gasteiger partial charge in [-0.05, 0) is 41.6 Å². The molecule has 3 nitrogen and oxygen atoms in total. The Morgan fingerprint density at radius 3 is 2.43 bits per heavy atom. The Kier molecular flexibility index (Phi) is 5.67. The molecule has 0 saturated carbocycles. The number of methoxy groups -OCH3 is 1. The van der Waals surface area contributed by atoms with Crippen LogP contribution in [0.4, 0.5) is 0 Å². The van der Waals surface area contributed by atoms with Crippen LogP contribution in [0.5, 0.6) is 5.75 Å². The van der Waals surface area contributed by atoms with Gasteiger partial charge in [0.05, 0.1) is 13.2 Å². The lowest BCUT2D eigenvalue weighted by Crippen LogP contribution is -2.20. The van der Waals surface area contributed by atoms with Crippen molar-refractivity contribution in [3.63, 3.8) is 0 Å². The standard InChI is InChI=1S/C17H21NO2S/c1-20-14-5-3-4-13(10-14)16(11-18)17(19)12-6-8-15(21-2)9-7-12/h3-10,16-17,19H,11,18H2,1-2H3. The summed E-state index contributed by atoms with van der Waals surface area (Å²) >= 11 is 1.68. The molecule has 112 valence electrons. The molecule has 0 aliphatic carbocycles. The van der Waals surface area contributed by atoms with Crippen molar-refractivity contribution in [2.75, 3.05) is 19.9 Å². The third-order valence-electron chi connectivity index (χ3n) is 3.61. The first-order valence-electron chi connectivity index (χ1n) is 6.85. The molecule has 0 saturated heterocycles. The molecule has 2 aromatic carbocycles. The van der Waals surface area contributed by atoms with Crippen LogP contribution < -0.4 is 10.5 Å². The molecular formula is C17H21NO2S. The van der Waals surface area contributed by atoms with Gasteiger partial charge in [0.25, 0.3) is 0 Å². The minimum atomic E-state index is -0.627. The van der Waals surface area contributed by atoms with Gasteiger partial charge in [-0.15, -0.1) is 11.8 Å². The molecule has 0 bridgehead atoms. The lowest BCUT2D eigenvalue weighted by atomic mass is 9.89. The van der Waals surface area contributed by atoms with Crippen molar-refractivity contribution in [2.45, 2.75) is 16.9 Å². The van der Waals surface area contributed by atoms with Crippen LogP contribution in [0.2, 0.25) is 0 Å². The van der Waals surface area contributed by atoms with Gasteiger partial charge in [-0.2, -0.15) is 0 Å². The van der Waals surface area contributed by atoms with E-state index < -0.39 is 6.10 Å². The molecule has 2 aromatic rings. The van der Waals surface area contributed by atoms with Crippen molar-refractivity contribution in [2.24, 2.45) is 5.73 Å². The monoisotopic (exact) mass is 303 g/mol. The average Bonchev–Trinajstić information content (AvgIpc) is 2.55. The number of nitrogens with two attached hydrogens (primary N) is 1. The number of benzene rings is 2. The summed E-state index contributed by atoms with van der Waals surface area (Å²) in [6.07, 6.45) is 1.41. The lowest BCUT2D eigenvalue weighted by Gasteiger charge is -2.23. The number of thioether (sulfide) groups is 1. The van der Waals surface area contributed by atoms with E-state index in [9.17, 15) is 5.11 Å². The van der Waals surface area contributed by atoms with Gasteiger partial charge in [-0.3, -0.25) is 0 Å². The van der Waals surface area contributed by atoms with Crippen molar-refractivity contribution >= 4 is 11.8 Å². The fraction of sp³-hybridized carbons (Fsp3) is 0.294. The summed E-state index contributed by atoms with van der Waals surface area (Å²) in [4.78, 5) is 1.18. The summed E-state index contributed by atoms with van der Waals surface area (Å²) in [5.41, 5.74) is 7.75. The van der Waals surface area contributed by atoms with Crippen molar-refractivity contribution in [1.29, 1.82) is 0 Å². The molecule has 3 N–H and O–H groups in total. The van der Waals surface area contributed by atoms with Crippen molar-refractivity contribution in [3.05, 3.63) is 59.7 Å². The van der Waals surface area contributed by atoms with E-state index in [1.807, 2.05) is 54.8 Å². The Bertz CT molecular complexity index is 571. The van der Waals surface area contributed by atoms with E-state index >= 15 is 0 Å². The molecule has 2 rings (SSSR count). The van der Waals surface area contributed by atoms with E-state index in [0.717, 1.165) is 16.9 Å². The Morgan fingerprint density at radius 1 is 1.14 bits per heavy atom. The molecule has 0 fully saturated rings. The normalized spacial score (nSPS) is 13.7. The molecule has 21 heavy (non-hydrogen) atoms. The molecule has 0 spiro atoms. The van der Waals surface area contributed by atoms with Crippen LogP contribution >= 0.6 is 11.8 Å². The Morgan fingerprint density at radius 2 is 1.86 bits per heavy atom. The van der Waals surface area contributed by atoms with Gasteiger partial charge in [0.2, 0.25) is 0 Å². The van der Waals surface area contributed by atoms with Crippen LogP contribution in [0.15, 0.2) is 53.4 Å². The number of hydrogen-bond acceptors (Lipinski definition) is 4. The topological polar surface area (TPSA) is 55.5 Å². The summed E-state index contributed by atoms with van der Waals surface area (Å²) in [6.45, 7) is 0.374. The summed E-state index contributed by atoms with van der Waals surface area (Å²) in [6, 6.07) is 15.6. The first-order valence-corrected chi connectivity index (χ1v) is 8.08. The SMILES string of the molecule is COc1cccc(C(CN)C(O)c2ccc(SC)cc2)c1. The predicted molar refractivity (Wildman–Crippen MR) is 88.0 cm³/mol. The van der Waals surface area contributed by atoms with E-state index in [0.29, 0.717) is 6.54 Å². The molecule has 2 atom stereocenters. The molecular weight excluding hydrogens is 282 g/mol. The Balaban J connectivity index is 2.26. The van der Waals surface area contributed by atoms with Crippen LogP contribution in [0.1, 0.15) is 23.1 Å². The average molecular weight is 303 g/mol. The predicted octanol–water partition coefficient (Wildman–Crippen LogP) is 3.19. The highest BCUT2D eigenvalue weighted by atomic mass is 32.2. The van der Waals surface area contributed by atoms with Crippen molar-refractivity contribution in [1.82, 2.24) is 0 Å². The minimum Gasteiger partial charge on any atom is -0.497 e. The molecule has 0 aromatic heterocycles. The maximum atomic E-state index is 10.6. The first kappa shape index (κ1) is 15.9. The van der Waals surface area contributed by atoms with E-state index in [1.165, 1.54) is 4.90 Å². The van der Waals surface area contributed by atoms with Crippen LogP contribution in [0.3, 0.4) is 0 Å². The van der Waals surface area contributed by atoms with Crippen molar-refractivity contribution in [3.8, 4) is 5.75 Å². The minimum absolute atomic E-state index is 0.153. The van der Waals surface area contributed by atoms with Crippen LogP contribution in [-0.2, 0) is 0 Å². The maximum absolute atomic E-state index is 10.6. The zero-order valence-corrected chi connectivity index (χ0v) is 13.1. The molecule has 0 heterocycles. The van der Waals surface area contributed by atoms with Gasteiger partial charge in [0.15, 0.2) is 0 Å². The third kappa shape index (κ3) is 3.79. The number of aliphatic hydroxyl groups excluding tert-OH is 1. The molecule has 4 heteroatoms. The summed E-state index contributed by atoms with van der Waals surface area (Å²) < 4.78 is 5.24. The largest absolute Gasteiger partial charge is 0.497 e. The van der Waals surface area contributed by atoms with Gasteiger partial charge in [0, 0.05) is 17.4 Å². The fourth-order valence-corrected chi connectivity index (χ4v) is 2.76. The number of rotatable bonds is 6. The number of hydrogen-bond donors (Lipinski definition) is 2. The van der Waals surface area contributed by atoms with Gasteiger partial charge < -0.3 is 15.6 Å². The number of aliphatic hydroxyl groups is 1. The summed E-state index contributed by atoms with van der Waals surface area (Å²) in [5, 5.41) is 10.6. The summed E-state index contributed by atoms with van der Waals surface area (Å²) in [7, 11) is 1.63. The van der Waals surface area contributed by atoms with Gasteiger partial charge in [-0.1, -0.05) is 24.3 Å². The Hall–Kier alpha value is -1.49. The summed E-state index contributed by atoms with van der Waals surface area (Å²) in [5.74, 6) is 0.621. The quantitative estimate of drug-likeness (QED) is 0.805. The Labute approximate surface area is 130 Å². The van der Waals surface area contributed by atoms with Gasteiger partial charge >= 0.3 is 0 Å². The highest BCUT2D eigenvalue weighted by Crippen LogP contribution is 2.32. The zero-order chi connectivity index (χ0) is 15.2. The third-order valence-corrected chi connectivity index (χ3v) is 4.36. The van der Waals surface area contributed by atoms with Crippen LogP contribution in [-0.4, -0.2) is 25.0 Å². The number of ether oxygens (including phenoxy) is 1.